The fourth-order valence-corrected chi connectivity index (χ4v) is 2.86. The number of benzene rings is 2. The predicted molar refractivity (Wildman–Crippen MR) is 93.2 cm³/mol. The van der Waals surface area contributed by atoms with Gasteiger partial charge < -0.3 is 13.6 Å². The number of fused-ring (bicyclic) bond motifs is 2. The Balaban J connectivity index is 1.46. The summed E-state index contributed by atoms with van der Waals surface area (Å²) in [7, 11) is 0. The largest absolute Gasteiger partial charge is 0.464 e. The molecule has 0 N–H and O–H groups in total. The van der Waals surface area contributed by atoms with Gasteiger partial charge in [0.25, 0.3) is 0 Å². The second kappa shape index (κ2) is 6.09. The minimum atomic E-state index is -0.344. The Kier molecular flexibility index (Phi) is 3.76. The van der Waals surface area contributed by atoms with Gasteiger partial charge >= 0.3 is 5.97 Å². The minimum absolute atomic E-state index is 0.0153. The van der Waals surface area contributed by atoms with Gasteiger partial charge in [-0.15, -0.1) is 0 Å². The molecule has 0 fully saturated rings. The SMILES string of the molecule is Cc1ccc2c(CC(=O)OCc3nc4ccccc4o3)coc2c1C. The molecule has 2 aromatic carbocycles. The van der Waals surface area contributed by atoms with Gasteiger partial charge in [-0.25, -0.2) is 4.98 Å². The summed E-state index contributed by atoms with van der Waals surface area (Å²) in [4.78, 5) is 16.5. The average Bonchev–Trinajstić information content (AvgIpc) is 3.20. The molecule has 4 aromatic rings. The average molecular weight is 335 g/mol. The van der Waals surface area contributed by atoms with E-state index in [0.29, 0.717) is 11.5 Å². The van der Waals surface area contributed by atoms with Crippen molar-refractivity contribution in [1.82, 2.24) is 4.98 Å². The van der Waals surface area contributed by atoms with E-state index in [0.717, 1.165) is 33.2 Å². The van der Waals surface area contributed by atoms with E-state index in [-0.39, 0.29) is 19.0 Å². The Hall–Kier alpha value is -3.08. The van der Waals surface area contributed by atoms with Crippen molar-refractivity contribution in [3.05, 3.63) is 65.2 Å². The topological polar surface area (TPSA) is 65.5 Å². The van der Waals surface area contributed by atoms with E-state index in [4.69, 9.17) is 13.6 Å². The monoisotopic (exact) mass is 335 g/mol. The van der Waals surface area contributed by atoms with Crippen molar-refractivity contribution in [3.8, 4) is 0 Å². The summed E-state index contributed by atoms with van der Waals surface area (Å²) >= 11 is 0. The Labute approximate surface area is 144 Å². The maximum Gasteiger partial charge on any atom is 0.310 e. The molecule has 0 bridgehead atoms. The molecular formula is C20H17NO4. The van der Waals surface area contributed by atoms with Crippen molar-refractivity contribution < 1.29 is 18.4 Å². The summed E-state index contributed by atoms with van der Waals surface area (Å²) in [6, 6.07) is 11.4. The van der Waals surface area contributed by atoms with Crippen LogP contribution in [0.2, 0.25) is 0 Å². The van der Waals surface area contributed by atoms with E-state index in [2.05, 4.69) is 4.98 Å². The molecule has 126 valence electrons. The van der Waals surface area contributed by atoms with Crippen molar-refractivity contribution in [1.29, 1.82) is 0 Å². The molecule has 0 radical (unpaired) electrons. The molecule has 0 spiro atoms. The predicted octanol–water partition coefficient (Wildman–Crippen LogP) is 4.48. The number of hydrogen-bond donors (Lipinski definition) is 0. The van der Waals surface area contributed by atoms with Gasteiger partial charge in [-0.2, -0.15) is 0 Å². The van der Waals surface area contributed by atoms with Gasteiger partial charge in [0, 0.05) is 10.9 Å². The number of para-hydroxylation sites is 2. The Bertz CT molecular complexity index is 1040. The zero-order chi connectivity index (χ0) is 17.4. The maximum absolute atomic E-state index is 12.2. The Morgan fingerprint density at radius 3 is 2.84 bits per heavy atom. The lowest BCUT2D eigenvalue weighted by Gasteiger charge is -2.02. The molecular weight excluding hydrogens is 318 g/mol. The second-order valence-corrected chi connectivity index (χ2v) is 6.06. The molecule has 0 saturated heterocycles. The van der Waals surface area contributed by atoms with Crippen molar-refractivity contribution in [2.24, 2.45) is 0 Å². The first kappa shape index (κ1) is 15.4. The molecule has 2 aromatic heterocycles. The van der Waals surface area contributed by atoms with E-state index in [9.17, 15) is 4.79 Å². The molecule has 4 rings (SSSR count). The lowest BCUT2D eigenvalue weighted by atomic mass is 10.0. The third-order valence-electron chi connectivity index (χ3n) is 4.37. The minimum Gasteiger partial charge on any atom is -0.464 e. The lowest BCUT2D eigenvalue weighted by Crippen LogP contribution is -2.07. The quantitative estimate of drug-likeness (QED) is 0.515. The van der Waals surface area contributed by atoms with Gasteiger partial charge in [0.1, 0.15) is 11.1 Å². The molecule has 25 heavy (non-hydrogen) atoms. The zero-order valence-corrected chi connectivity index (χ0v) is 14.0. The molecule has 0 unspecified atom stereocenters. The van der Waals surface area contributed by atoms with Crippen LogP contribution in [0.3, 0.4) is 0 Å². The van der Waals surface area contributed by atoms with Crippen LogP contribution >= 0.6 is 0 Å². The van der Waals surface area contributed by atoms with Crippen LogP contribution in [0.25, 0.3) is 22.1 Å². The van der Waals surface area contributed by atoms with Gasteiger partial charge in [0.15, 0.2) is 12.2 Å². The van der Waals surface area contributed by atoms with Crippen LogP contribution in [0, 0.1) is 13.8 Å². The van der Waals surface area contributed by atoms with Crippen LogP contribution in [0.15, 0.2) is 51.5 Å². The summed E-state index contributed by atoms with van der Waals surface area (Å²) < 4.78 is 16.5. The lowest BCUT2D eigenvalue weighted by molar-refractivity contribution is -0.144. The highest BCUT2D eigenvalue weighted by atomic mass is 16.5. The van der Waals surface area contributed by atoms with Gasteiger partial charge in [-0.3, -0.25) is 4.79 Å². The van der Waals surface area contributed by atoms with Crippen molar-refractivity contribution >= 4 is 28.0 Å². The van der Waals surface area contributed by atoms with Gasteiger partial charge in [-0.05, 0) is 37.1 Å². The van der Waals surface area contributed by atoms with Crippen molar-refractivity contribution in [2.45, 2.75) is 26.9 Å². The molecule has 0 aliphatic rings. The molecule has 0 atom stereocenters. The fraction of sp³-hybridized carbons (Fsp3) is 0.200. The van der Waals surface area contributed by atoms with Gasteiger partial charge in [0.2, 0.25) is 5.89 Å². The van der Waals surface area contributed by atoms with Crippen LogP contribution in [0.4, 0.5) is 0 Å². The normalized spacial score (nSPS) is 11.3. The van der Waals surface area contributed by atoms with Crippen LogP contribution in [0.1, 0.15) is 22.6 Å². The van der Waals surface area contributed by atoms with E-state index in [1.807, 2.05) is 50.2 Å². The molecule has 0 saturated carbocycles. The Morgan fingerprint density at radius 2 is 2.00 bits per heavy atom. The smallest absolute Gasteiger partial charge is 0.310 e. The van der Waals surface area contributed by atoms with E-state index in [1.54, 1.807) is 6.26 Å². The summed E-state index contributed by atoms with van der Waals surface area (Å²) in [5.74, 6) is 0.0428. The number of furan rings is 1. The van der Waals surface area contributed by atoms with Gasteiger partial charge in [-0.1, -0.05) is 24.3 Å². The third kappa shape index (κ3) is 2.89. The highest BCUT2D eigenvalue weighted by Gasteiger charge is 2.15. The summed E-state index contributed by atoms with van der Waals surface area (Å²) in [5.41, 5.74) is 5.32. The molecule has 2 heterocycles. The first-order valence-corrected chi connectivity index (χ1v) is 8.08. The number of carbonyl (C=O) groups is 1. The van der Waals surface area contributed by atoms with Crippen LogP contribution in [-0.2, 0) is 22.6 Å². The van der Waals surface area contributed by atoms with E-state index >= 15 is 0 Å². The molecule has 0 amide bonds. The number of rotatable bonds is 4. The highest BCUT2D eigenvalue weighted by molar-refractivity contribution is 5.88. The summed E-state index contributed by atoms with van der Waals surface area (Å²) in [6.45, 7) is 4.06. The number of ether oxygens (including phenoxy) is 1. The van der Waals surface area contributed by atoms with E-state index in [1.165, 1.54) is 0 Å². The fourth-order valence-electron chi connectivity index (χ4n) is 2.86. The number of aromatic nitrogens is 1. The molecule has 5 heteroatoms. The molecule has 5 nitrogen and oxygen atoms in total. The third-order valence-corrected chi connectivity index (χ3v) is 4.37. The summed E-state index contributed by atoms with van der Waals surface area (Å²) in [5, 5.41) is 0.946. The van der Waals surface area contributed by atoms with Crippen molar-refractivity contribution in [2.75, 3.05) is 0 Å². The second-order valence-electron chi connectivity index (χ2n) is 6.06. The standard InChI is InChI=1S/C20H17NO4/c1-12-7-8-15-14(10-24-20(15)13(12)2)9-19(22)23-11-18-21-16-5-3-4-6-17(16)25-18/h3-8,10H,9,11H2,1-2H3. The Morgan fingerprint density at radius 1 is 1.16 bits per heavy atom. The van der Waals surface area contributed by atoms with Crippen molar-refractivity contribution in [3.63, 3.8) is 0 Å². The van der Waals surface area contributed by atoms with Crippen LogP contribution < -0.4 is 0 Å². The first-order chi connectivity index (χ1) is 12.1. The van der Waals surface area contributed by atoms with Crippen LogP contribution in [-0.4, -0.2) is 11.0 Å². The first-order valence-electron chi connectivity index (χ1n) is 8.08. The summed E-state index contributed by atoms with van der Waals surface area (Å²) in [6.07, 6.45) is 1.77. The number of carbonyl (C=O) groups excluding carboxylic acids is 1. The number of aryl methyl sites for hydroxylation is 2. The maximum atomic E-state index is 12.2. The number of esters is 1. The highest BCUT2D eigenvalue weighted by Crippen LogP contribution is 2.27. The molecule has 0 aliphatic heterocycles. The van der Waals surface area contributed by atoms with Gasteiger partial charge in [0.05, 0.1) is 12.7 Å². The number of hydrogen-bond acceptors (Lipinski definition) is 5. The molecule has 0 aliphatic carbocycles. The number of nitrogens with zero attached hydrogens (tertiary/aromatic N) is 1. The van der Waals surface area contributed by atoms with Crippen LogP contribution in [0.5, 0.6) is 0 Å². The zero-order valence-electron chi connectivity index (χ0n) is 14.0. The number of oxazole rings is 1. The van der Waals surface area contributed by atoms with E-state index < -0.39 is 0 Å².